The van der Waals surface area contributed by atoms with E-state index in [1.165, 1.54) is 31.0 Å². The molecule has 1 N–H and O–H groups in total. The van der Waals surface area contributed by atoms with Gasteiger partial charge in [0.15, 0.2) is 5.17 Å². The van der Waals surface area contributed by atoms with E-state index in [2.05, 4.69) is 15.5 Å². The van der Waals surface area contributed by atoms with Gasteiger partial charge in [-0.25, -0.2) is 0 Å². The van der Waals surface area contributed by atoms with Crippen molar-refractivity contribution in [1.29, 1.82) is 0 Å². The van der Waals surface area contributed by atoms with E-state index >= 15 is 0 Å². The van der Waals surface area contributed by atoms with Crippen molar-refractivity contribution < 1.29 is 4.79 Å². The van der Waals surface area contributed by atoms with Crippen molar-refractivity contribution >= 4 is 28.5 Å². The smallest absolute Gasteiger partial charge is 0.244 e. The van der Waals surface area contributed by atoms with Crippen molar-refractivity contribution in [2.24, 2.45) is 10.2 Å². The highest BCUT2D eigenvalue weighted by atomic mass is 32.2. The number of carbonyl (C=O) groups is 1. The number of benzene rings is 1. The number of rotatable bonds is 2. The average Bonchev–Trinajstić information content (AvgIpc) is 2.88. The van der Waals surface area contributed by atoms with Crippen molar-refractivity contribution in [2.45, 2.75) is 37.4 Å². The van der Waals surface area contributed by atoms with Gasteiger partial charge in [-0.1, -0.05) is 48.5 Å². The molecule has 3 rings (SSSR count). The molecular weight excluding hydrogens is 270 g/mol. The lowest BCUT2D eigenvalue weighted by atomic mass is 9.99. The van der Waals surface area contributed by atoms with Crippen LogP contribution in [0.4, 0.5) is 0 Å². The number of nitrogens with zero attached hydrogens (tertiary/aromatic N) is 2. The van der Waals surface area contributed by atoms with Gasteiger partial charge in [-0.15, -0.1) is 5.10 Å². The van der Waals surface area contributed by atoms with Crippen LogP contribution in [0.15, 0.2) is 40.5 Å². The normalized spacial score (nSPS) is 24.8. The summed E-state index contributed by atoms with van der Waals surface area (Å²) >= 11 is 1.44. The molecule has 0 radical (unpaired) electrons. The summed E-state index contributed by atoms with van der Waals surface area (Å²) in [6.45, 7) is 0. The summed E-state index contributed by atoms with van der Waals surface area (Å²) in [6, 6.07) is 9.77. The molecule has 0 bridgehead atoms. The summed E-state index contributed by atoms with van der Waals surface area (Å²) in [6.07, 6.45) is 5.78. The van der Waals surface area contributed by atoms with E-state index in [9.17, 15) is 4.79 Å². The summed E-state index contributed by atoms with van der Waals surface area (Å²) in [5.74, 6) is -0.0104. The standard InChI is InChI=1S/C15H17N3OS/c19-14-13(11-7-3-1-4-8-11)20-15(16-14)18-17-12-9-5-2-6-10-12/h1,3-4,7-8,13H,2,5-6,9-10H2,(H,16,18,19)/t13-/m0/s1. The van der Waals surface area contributed by atoms with Crippen LogP contribution in [-0.4, -0.2) is 16.8 Å². The first-order valence-corrected chi connectivity index (χ1v) is 7.87. The SMILES string of the molecule is O=C1N/C(=N/N=C2CCCCC2)S[C@H]1c1ccccc1. The van der Waals surface area contributed by atoms with Gasteiger partial charge in [0.05, 0.1) is 0 Å². The monoisotopic (exact) mass is 287 g/mol. The molecule has 0 unspecified atom stereocenters. The highest BCUT2D eigenvalue weighted by molar-refractivity contribution is 8.15. The summed E-state index contributed by atoms with van der Waals surface area (Å²) in [4.78, 5) is 12.0. The van der Waals surface area contributed by atoms with Gasteiger partial charge in [-0.05, 0) is 31.2 Å². The van der Waals surface area contributed by atoms with Gasteiger partial charge in [0.1, 0.15) is 5.25 Å². The topological polar surface area (TPSA) is 53.8 Å². The number of thioether (sulfide) groups is 1. The van der Waals surface area contributed by atoms with Gasteiger partial charge >= 0.3 is 0 Å². The quantitative estimate of drug-likeness (QED) is 0.849. The van der Waals surface area contributed by atoms with Gasteiger partial charge in [-0.2, -0.15) is 5.10 Å². The molecule has 20 heavy (non-hydrogen) atoms. The highest BCUT2D eigenvalue weighted by Crippen LogP contribution is 2.34. The first-order chi connectivity index (χ1) is 9.83. The van der Waals surface area contributed by atoms with Crippen molar-refractivity contribution in [1.82, 2.24) is 5.32 Å². The van der Waals surface area contributed by atoms with E-state index < -0.39 is 0 Å². The molecule has 1 saturated carbocycles. The Hall–Kier alpha value is -1.62. The minimum atomic E-state index is -0.207. The fraction of sp³-hybridized carbons (Fsp3) is 0.400. The third-order valence-corrected chi connectivity index (χ3v) is 4.64. The minimum Gasteiger partial charge on any atom is -0.302 e. The third-order valence-electron chi connectivity index (χ3n) is 3.51. The number of hydrogen-bond acceptors (Lipinski definition) is 4. The third kappa shape index (κ3) is 3.10. The number of carbonyl (C=O) groups excluding carboxylic acids is 1. The Kier molecular flexibility index (Phi) is 4.16. The lowest BCUT2D eigenvalue weighted by Gasteiger charge is -2.10. The molecule has 1 amide bonds. The number of nitrogens with one attached hydrogen (secondary N) is 1. The van der Waals surface area contributed by atoms with Crippen LogP contribution in [0.1, 0.15) is 42.9 Å². The Morgan fingerprint density at radius 2 is 1.80 bits per heavy atom. The molecule has 1 atom stereocenters. The van der Waals surface area contributed by atoms with E-state index in [0.29, 0.717) is 5.17 Å². The maximum absolute atomic E-state index is 12.0. The molecule has 4 nitrogen and oxygen atoms in total. The fourth-order valence-electron chi connectivity index (χ4n) is 2.44. The molecule has 0 spiro atoms. The molecule has 1 aliphatic heterocycles. The Balaban J connectivity index is 1.70. The molecule has 1 aliphatic carbocycles. The first-order valence-electron chi connectivity index (χ1n) is 6.99. The summed E-state index contributed by atoms with van der Waals surface area (Å²) < 4.78 is 0. The summed E-state index contributed by atoms with van der Waals surface area (Å²) in [5.41, 5.74) is 2.16. The second kappa shape index (κ2) is 6.22. The second-order valence-electron chi connectivity index (χ2n) is 5.03. The van der Waals surface area contributed by atoms with E-state index in [1.54, 1.807) is 0 Å². The van der Waals surface area contributed by atoms with Gasteiger partial charge in [0.25, 0.3) is 0 Å². The van der Waals surface area contributed by atoms with Crippen LogP contribution in [0.3, 0.4) is 0 Å². The molecular formula is C15H17N3OS. The zero-order valence-electron chi connectivity index (χ0n) is 11.2. The molecule has 1 heterocycles. The fourth-order valence-corrected chi connectivity index (χ4v) is 3.37. The van der Waals surface area contributed by atoms with Crippen LogP contribution in [0.25, 0.3) is 0 Å². The molecule has 1 aromatic carbocycles. The molecule has 5 heteroatoms. The minimum absolute atomic E-state index is 0.0104. The maximum Gasteiger partial charge on any atom is 0.244 e. The van der Waals surface area contributed by atoms with Crippen molar-refractivity contribution in [3.8, 4) is 0 Å². The summed E-state index contributed by atoms with van der Waals surface area (Å²) in [7, 11) is 0. The molecule has 2 fully saturated rings. The predicted molar refractivity (Wildman–Crippen MR) is 82.9 cm³/mol. The van der Waals surface area contributed by atoms with Crippen LogP contribution in [0.5, 0.6) is 0 Å². The Morgan fingerprint density at radius 1 is 1.05 bits per heavy atom. The maximum atomic E-state index is 12.0. The average molecular weight is 287 g/mol. The molecule has 1 saturated heterocycles. The molecule has 0 aromatic heterocycles. The van der Waals surface area contributed by atoms with Crippen LogP contribution < -0.4 is 5.32 Å². The Bertz CT molecular complexity index is 545. The number of amidine groups is 1. The zero-order chi connectivity index (χ0) is 13.8. The first kappa shape index (κ1) is 13.4. The number of hydrogen-bond donors (Lipinski definition) is 1. The van der Waals surface area contributed by atoms with Gasteiger partial charge < -0.3 is 5.32 Å². The van der Waals surface area contributed by atoms with Crippen LogP contribution in [0.2, 0.25) is 0 Å². The largest absolute Gasteiger partial charge is 0.302 e. The lowest BCUT2D eigenvalue weighted by Crippen LogP contribution is -2.21. The van der Waals surface area contributed by atoms with Gasteiger partial charge in [-0.3, -0.25) is 4.79 Å². The Morgan fingerprint density at radius 3 is 2.55 bits per heavy atom. The highest BCUT2D eigenvalue weighted by Gasteiger charge is 2.31. The second-order valence-corrected chi connectivity index (χ2v) is 6.12. The zero-order valence-corrected chi connectivity index (χ0v) is 12.0. The predicted octanol–water partition coefficient (Wildman–Crippen LogP) is 3.27. The van der Waals surface area contributed by atoms with Crippen molar-refractivity contribution in [3.63, 3.8) is 0 Å². The summed E-state index contributed by atoms with van der Waals surface area (Å²) in [5, 5.41) is 11.7. The lowest BCUT2D eigenvalue weighted by molar-refractivity contribution is -0.118. The van der Waals surface area contributed by atoms with Gasteiger partial charge in [0, 0.05) is 5.71 Å². The number of amides is 1. The van der Waals surface area contributed by atoms with Gasteiger partial charge in [0.2, 0.25) is 5.91 Å². The van der Waals surface area contributed by atoms with E-state index in [-0.39, 0.29) is 11.2 Å². The van der Waals surface area contributed by atoms with E-state index in [1.807, 2.05) is 30.3 Å². The van der Waals surface area contributed by atoms with Crippen molar-refractivity contribution in [3.05, 3.63) is 35.9 Å². The van der Waals surface area contributed by atoms with Crippen LogP contribution in [-0.2, 0) is 4.79 Å². The molecule has 104 valence electrons. The molecule has 1 aromatic rings. The van der Waals surface area contributed by atoms with Crippen molar-refractivity contribution in [2.75, 3.05) is 0 Å². The van der Waals surface area contributed by atoms with Crippen LogP contribution in [0, 0.1) is 0 Å². The molecule has 2 aliphatic rings. The van der Waals surface area contributed by atoms with Crippen LogP contribution >= 0.6 is 11.8 Å². The van der Waals surface area contributed by atoms with E-state index in [0.717, 1.165) is 24.1 Å². The Labute approximate surface area is 122 Å². The van der Waals surface area contributed by atoms with E-state index in [4.69, 9.17) is 0 Å².